The Balaban J connectivity index is 2.24. The molecule has 0 bridgehead atoms. The van der Waals surface area contributed by atoms with E-state index in [9.17, 15) is 14.4 Å². The number of aryl methyl sites for hydroxylation is 1. The molecule has 0 aliphatic carbocycles. The van der Waals surface area contributed by atoms with Gasteiger partial charge in [-0.3, -0.25) is 24.5 Å². The Labute approximate surface area is 104 Å². The van der Waals surface area contributed by atoms with Crippen molar-refractivity contribution in [1.29, 1.82) is 0 Å². The normalized spacial score (nSPS) is 19.1. The summed E-state index contributed by atoms with van der Waals surface area (Å²) in [5, 5.41) is 6.14. The number of aromatic nitrogens is 2. The van der Waals surface area contributed by atoms with Gasteiger partial charge in [0, 0.05) is 18.8 Å². The molecule has 1 saturated heterocycles. The lowest BCUT2D eigenvalue weighted by molar-refractivity contribution is -0.149. The molecule has 18 heavy (non-hydrogen) atoms. The molecule has 96 valence electrons. The fourth-order valence-corrected chi connectivity index (χ4v) is 1.73. The molecule has 0 spiro atoms. The second kappa shape index (κ2) is 3.94. The van der Waals surface area contributed by atoms with Crippen LogP contribution < -0.4 is 5.32 Å². The van der Waals surface area contributed by atoms with Crippen molar-refractivity contribution in [2.75, 3.05) is 0 Å². The summed E-state index contributed by atoms with van der Waals surface area (Å²) in [6, 6.07) is -0.687. The standard InChI is InChI=1S/C11H14N4O3/c1-11(2)8(16)13-10(18)15(9(11)17)6-7-4-12-14(3)5-7/h4-5H,6H2,1-3H3,(H,13,16,18). The van der Waals surface area contributed by atoms with Crippen LogP contribution in [0.25, 0.3) is 0 Å². The highest BCUT2D eigenvalue weighted by Gasteiger charge is 2.46. The van der Waals surface area contributed by atoms with Crippen LogP contribution in [0, 0.1) is 5.41 Å². The van der Waals surface area contributed by atoms with E-state index in [1.165, 1.54) is 13.8 Å². The van der Waals surface area contributed by atoms with E-state index in [2.05, 4.69) is 10.4 Å². The van der Waals surface area contributed by atoms with E-state index >= 15 is 0 Å². The predicted octanol–water partition coefficient (Wildman–Crippen LogP) is 0.0247. The molecule has 0 atom stereocenters. The average Bonchev–Trinajstić information content (AvgIpc) is 2.68. The second-order valence-electron chi connectivity index (χ2n) is 4.80. The van der Waals surface area contributed by atoms with E-state index in [4.69, 9.17) is 0 Å². The molecule has 1 aromatic heterocycles. The number of imide groups is 2. The maximum Gasteiger partial charge on any atom is 0.331 e. The van der Waals surface area contributed by atoms with Crippen LogP contribution in [0.4, 0.5) is 4.79 Å². The van der Waals surface area contributed by atoms with E-state index in [0.717, 1.165) is 10.5 Å². The molecule has 7 heteroatoms. The van der Waals surface area contributed by atoms with Gasteiger partial charge in [0.15, 0.2) is 0 Å². The minimum Gasteiger partial charge on any atom is -0.277 e. The fraction of sp³-hybridized carbons (Fsp3) is 0.455. The Morgan fingerprint density at radius 2 is 2.00 bits per heavy atom. The quantitative estimate of drug-likeness (QED) is 0.750. The zero-order valence-electron chi connectivity index (χ0n) is 10.4. The minimum atomic E-state index is -1.23. The highest BCUT2D eigenvalue weighted by molar-refractivity contribution is 6.18. The number of carbonyl (C=O) groups excluding carboxylic acids is 3. The molecule has 0 aromatic carbocycles. The third kappa shape index (κ3) is 1.87. The molecule has 0 radical (unpaired) electrons. The second-order valence-corrected chi connectivity index (χ2v) is 4.80. The molecule has 4 amide bonds. The molecule has 1 fully saturated rings. The van der Waals surface area contributed by atoms with Crippen molar-refractivity contribution in [3.05, 3.63) is 18.0 Å². The van der Waals surface area contributed by atoms with Gasteiger partial charge in [-0.25, -0.2) is 4.79 Å². The van der Waals surface area contributed by atoms with Gasteiger partial charge < -0.3 is 0 Å². The van der Waals surface area contributed by atoms with E-state index in [-0.39, 0.29) is 6.54 Å². The zero-order chi connectivity index (χ0) is 13.5. The van der Waals surface area contributed by atoms with Crippen LogP contribution in [-0.4, -0.2) is 32.5 Å². The van der Waals surface area contributed by atoms with Gasteiger partial charge in [0.1, 0.15) is 5.41 Å². The van der Waals surface area contributed by atoms with Crippen LogP contribution in [0.2, 0.25) is 0 Å². The first-order valence-electron chi connectivity index (χ1n) is 5.47. The lowest BCUT2D eigenvalue weighted by atomic mass is 9.88. The minimum absolute atomic E-state index is 0.106. The van der Waals surface area contributed by atoms with Gasteiger partial charge in [0.2, 0.25) is 11.8 Å². The highest BCUT2D eigenvalue weighted by atomic mass is 16.2. The Morgan fingerprint density at radius 3 is 2.56 bits per heavy atom. The summed E-state index contributed by atoms with van der Waals surface area (Å²) in [4.78, 5) is 36.3. The highest BCUT2D eigenvalue weighted by Crippen LogP contribution is 2.24. The Morgan fingerprint density at radius 1 is 1.33 bits per heavy atom. The molecular formula is C11H14N4O3. The maximum absolute atomic E-state index is 12.1. The Kier molecular flexibility index (Phi) is 2.68. The van der Waals surface area contributed by atoms with Crippen LogP contribution in [0.15, 0.2) is 12.4 Å². The molecule has 2 heterocycles. The van der Waals surface area contributed by atoms with Crippen LogP contribution in [0.3, 0.4) is 0 Å². The molecule has 1 aromatic rings. The monoisotopic (exact) mass is 250 g/mol. The first-order chi connectivity index (χ1) is 8.32. The lowest BCUT2D eigenvalue weighted by Crippen LogP contribution is -2.61. The summed E-state index contributed by atoms with van der Waals surface area (Å²) in [5.74, 6) is -1.07. The van der Waals surface area contributed by atoms with Crippen LogP contribution in [0.1, 0.15) is 19.4 Å². The number of carbonyl (C=O) groups is 3. The Bertz CT molecular complexity index is 532. The summed E-state index contributed by atoms with van der Waals surface area (Å²) in [6.45, 7) is 3.09. The average molecular weight is 250 g/mol. The predicted molar refractivity (Wildman–Crippen MR) is 61.1 cm³/mol. The van der Waals surface area contributed by atoms with Gasteiger partial charge in [-0.15, -0.1) is 0 Å². The summed E-state index contributed by atoms with van der Waals surface area (Å²) < 4.78 is 1.58. The summed E-state index contributed by atoms with van der Waals surface area (Å²) >= 11 is 0. The smallest absolute Gasteiger partial charge is 0.277 e. The largest absolute Gasteiger partial charge is 0.331 e. The molecule has 0 saturated carbocycles. The number of amides is 4. The fourth-order valence-electron chi connectivity index (χ4n) is 1.73. The summed E-state index contributed by atoms with van der Waals surface area (Å²) in [7, 11) is 1.75. The van der Waals surface area contributed by atoms with Crippen molar-refractivity contribution in [2.45, 2.75) is 20.4 Å². The van der Waals surface area contributed by atoms with E-state index in [0.29, 0.717) is 0 Å². The topological polar surface area (TPSA) is 84.3 Å². The van der Waals surface area contributed by atoms with Crippen LogP contribution >= 0.6 is 0 Å². The molecule has 7 nitrogen and oxygen atoms in total. The van der Waals surface area contributed by atoms with Crippen molar-refractivity contribution in [1.82, 2.24) is 20.0 Å². The van der Waals surface area contributed by atoms with Gasteiger partial charge in [-0.2, -0.15) is 5.10 Å². The third-order valence-electron chi connectivity index (χ3n) is 2.91. The Hall–Kier alpha value is -2.18. The number of nitrogens with one attached hydrogen (secondary N) is 1. The van der Waals surface area contributed by atoms with Gasteiger partial charge >= 0.3 is 6.03 Å². The van der Waals surface area contributed by atoms with Crippen molar-refractivity contribution in [3.8, 4) is 0 Å². The van der Waals surface area contributed by atoms with E-state index < -0.39 is 23.3 Å². The van der Waals surface area contributed by atoms with E-state index in [1.807, 2.05) is 0 Å². The van der Waals surface area contributed by atoms with Gasteiger partial charge in [-0.1, -0.05) is 0 Å². The summed E-state index contributed by atoms with van der Waals surface area (Å²) in [5.41, 5.74) is -0.498. The molecule has 0 unspecified atom stereocenters. The number of rotatable bonds is 2. The van der Waals surface area contributed by atoms with Crippen molar-refractivity contribution in [3.63, 3.8) is 0 Å². The molecule has 1 aliphatic heterocycles. The van der Waals surface area contributed by atoms with Crippen LogP contribution in [-0.2, 0) is 23.2 Å². The molecule has 1 N–H and O–H groups in total. The summed E-state index contributed by atoms with van der Waals surface area (Å²) in [6.07, 6.45) is 3.29. The lowest BCUT2D eigenvalue weighted by Gasteiger charge is -2.34. The number of hydrogen-bond donors (Lipinski definition) is 1. The SMILES string of the molecule is Cn1cc(CN2C(=O)NC(=O)C(C)(C)C2=O)cn1. The van der Waals surface area contributed by atoms with Gasteiger partial charge in [-0.05, 0) is 13.8 Å². The number of barbiturate groups is 1. The van der Waals surface area contributed by atoms with E-state index in [1.54, 1.807) is 24.1 Å². The van der Waals surface area contributed by atoms with Crippen molar-refractivity contribution < 1.29 is 14.4 Å². The first-order valence-corrected chi connectivity index (χ1v) is 5.47. The maximum atomic E-state index is 12.1. The number of urea groups is 1. The number of hydrogen-bond acceptors (Lipinski definition) is 4. The van der Waals surface area contributed by atoms with Crippen LogP contribution in [0.5, 0.6) is 0 Å². The van der Waals surface area contributed by atoms with Crippen molar-refractivity contribution >= 4 is 17.8 Å². The zero-order valence-corrected chi connectivity index (χ0v) is 10.4. The first kappa shape index (κ1) is 12.3. The van der Waals surface area contributed by atoms with Gasteiger partial charge in [0.25, 0.3) is 0 Å². The third-order valence-corrected chi connectivity index (χ3v) is 2.91. The molecule has 2 rings (SSSR count). The van der Waals surface area contributed by atoms with Crippen molar-refractivity contribution in [2.24, 2.45) is 12.5 Å². The molecule has 1 aliphatic rings. The van der Waals surface area contributed by atoms with Gasteiger partial charge in [0.05, 0.1) is 12.7 Å². The molecular weight excluding hydrogens is 236 g/mol. The number of nitrogens with zero attached hydrogens (tertiary/aromatic N) is 3.